The monoisotopic (exact) mass is 588 g/mol. The number of rotatable bonds is 6. The molecule has 0 fully saturated rings. The van der Waals surface area contributed by atoms with E-state index in [2.05, 4.69) is 101 Å². The third-order valence-corrected chi connectivity index (χ3v) is 5.95. The maximum absolute atomic E-state index is 2.35. The molecule has 0 radical (unpaired) electrons. The van der Waals surface area contributed by atoms with E-state index in [4.69, 9.17) is 0 Å². The van der Waals surface area contributed by atoms with Crippen molar-refractivity contribution < 1.29 is 48.1 Å². The summed E-state index contributed by atoms with van der Waals surface area (Å²) in [5.41, 5.74) is 6.24. The summed E-state index contributed by atoms with van der Waals surface area (Å²) in [4.78, 5) is 0. The molecule has 0 aliphatic carbocycles. The average Bonchev–Trinajstić information content (AvgIpc) is 3.28. The van der Waals surface area contributed by atoms with Gasteiger partial charge in [0.2, 0.25) is 0 Å². The van der Waals surface area contributed by atoms with Gasteiger partial charge in [-0.05, 0) is 12.8 Å². The molecule has 0 aromatic heterocycles. The molecule has 184 valence electrons. The van der Waals surface area contributed by atoms with E-state index in [-0.39, 0.29) is 30.2 Å². The minimum atomic E-state index is 0. The molecule has 0 aliphatic rings. The van der Waals surface area contributed by atoms with Crippen LogP contribution >= 0.6 is 0 Å². The van der Waals surface area contributed by atoms with Gasteiger partial charge in [-0.3, -0.25) is 0 Å². The van der Waals surface area contributed by atoms with Gasteiger partial charge in [-0.25, -0.2) is 0 Å². The maximum Gasteiger partial charge on any atom is -1.00 e. The van der Waals surface area contributed by atoms with Crippen molar-refractivity contribution in [1.29, 1.82) is 0 Å². The van der Waals surface area contributed by atoms with Crippen LogP contribution in [0.2, 0.25) is 13.1 Å². The summed E-state index contributed by atoms with van der Waals surface area (Å²) in [7, 11) is 0. The fourth-order valence-electron chi connectivity index (χ4n) is 4.12. The van der Waals surface area contributed by atoms with Crippen molar-refractivity contribution >= 4 is 27.0 Å². The Hall–Kier alpha value is -0.660. The summed E-state index contributed by atoms with van der Waals surface area (Å²) in [6, 6.07) is 22.0. The quantitative estimate of drug-likeness (QED) is 0.239. The van der Waals surface area contributed by atoms with Gasteiger partial charge in [0, 0.05) is 0 Å². The van der Waals surface area contributed by atoms with Crippen LogP contribution < -0.4 is 24.8 Å². The van der Waals surface area contributed by atoms with Gasteiger partial charge in [0.05, 0.1) is 0 Å². The van der Waals surface area contributed by atoms with Crippen molar-refractivity contribution in [3.63, 3.8) is 0 Å². The maximum atomic E-state index is 2.35. The minimum Gasteiger partial charge on any atom is -1.00 e. The van der Waals surface area contributed by atoms with Crippen LogP contribution in [0.25, 0.3) is 21.5 Å². The van der Waals surface area contributed by atoms with Crippen molar-refractivity contribution in [2.75, 3.05) is 0 Å². The van der Waals surface area contributed by atoms with Crippen LogP contribution in [0.4, 0.5) is 0 Å². The third-order valence-electron chi connectivity index (χ3n) is 5.95. The molecule has 0 N–H and O–H groups in total. The average molecular weight is 591 g/mol. The number of hydrogen-bond acceptors (Lipinski definition) is 0. The number of unbranched alkanes of at least 4 members (excludes halogenated alkanes) is 2. The van der Waals surface area contributed by atoms with Crippen LogP contribution in [0.1, 0.15) is 61.8 Å². The number of aryl methyl sites for hydroxylation is 4. The molecule has 0 spiro atoms. The molecule has 4 heteroatoms. The van der Waals surface area contributed by atoms with Gasteiger partial charge in [0.1, 0.15) is 0 Å². The van der Waals surface area contributed by atoms with Crippen LogP contribution in [0.3, 0.4) is 0 Å². The molecular weight excluding hydrogens is 551 g/mol. The molecule has 0 aliphatic heterocycles. The minimum absolute atomic E-state index is 0. The van der Waals surface area contributed by atoms with Crippen molar-refractivity contribution in [2.24, 2.45) is 0 Å². The molecule has 0 atom stereocenters. The van der Waals surface area contributed by atoms with E-state index < -0.39 is 0 Å². The van der Waals surface area contributed by atoms with Crippen LogP contribution in [-0.4, -0.2) is 5.43 Å². The Bertz CT molecular complexity index is 1040. The van der Waals surface area contributed by atoms with Crippen molar-refractivity contribution in [1.82, 2.24) is 0 Å². The van der Waals surface area contributed by atoms with Crippen LogP contribution in [0.5, 0.6) is 0 Å². The Morgan fingerprint density at radius 2 is 1.00 bits per heavy atom. The SMILES string of the molecule is CCCCc1[cH-]c2ccccc2c1C.CCCCc1[cH-]c2ccccc2c1C.C[Si](C)=[Zr+2].[Cl-].[Cl-]. The molecule has 0 unspecified atom stereocenters. The first kappa shape index (κ1) is 33.3. The summed E-state index contributed by atoms with van der Waals surface area (Å²) in [5, 5.41) is 5.66. The van der Waals surface area contributed by atoms with E-state index in [1.807, 2.05) is 0 Å². The normalized spacial score (nSPS) is 9.88. The zero-order valence-electron chi connectivity index (χ0n) is 21.8. The molecule has 0 saturated carbocycles. The second kappa shape index (κ2) is 17.7. The second-order valence-electron chi connectivity index (χ2n) is 8.97. The summed E-state index contributed by atoms with van der Waals surface area (Å²) < 4.78 is 0. The summed E-state index contributed by atoms with van der Waals surface area (Å²) >= 11 is 1.74. The van der Waals surface area contributed by atoms with Gasteiger partial charge in [-0.1, -0.05) is 65.5 Å². The first-order valence-electron chi connectivity index (χ1n) is 12.2. The van der Waals surface area contributed by atoms with Gasteiger partial charge >= 0.3 is 41.9 Å². The molecule has 4 aromatic rings. The molecule has 0 saturated heterocycles. The predicted octanol–water partition coefficient (Wildman–Crippen LogP) is 3.21. The predicted molar refractivity (Wildman–Crippen MR) is 143 cm³/mol. The molecular formula is C30H40Cl2SiZr-2. The molecule has 34 heavy (non-hydrogen) atoms. The van der Waals surface area contributed by atoms with E-state index >= 15 is 0 Å². The fraction of sp³-hybridized carbons (Fsp3) is 0.400. The van der Waals surface area contributed by atoms with Gasteiger partial charge in [0.15, 0.2) is 0 Å². The molecule has 4 aromatic carbocycles. The Labute approximate surface area is 235 Å². The molecule has 0 bridgehead atoms. The zero-order valence-corrected chi connectivity index (χ0v) is 26.7. The molecule has 4 rings (SSSR count). The molecule has 0 amide bonds. The van der Waals surface area contributed by atoms with Gasteiger partial charge in [-0.15, -0.1) is 81.2 Å². The summed E-state index contributed by atoms with van der Waals surface area (Å²) in [6.45, 7) is 13.6. The molecule has 0 nitrogen and oxygen atoms in total. The van der Waals surface area contributed by atoms with Gasteiger partial charge in [-0.2, -0.15) is 11.1 Å². The Balaban J connectivity index is 0.000000528. The first-order chi connectivity index (χ1) is 15.4. The zero-order chi connectivity index (χ0) is 23.5. The van der Waals surface area contributed by atoms with Gasteiger partial charge in [0.25, 0.3) is 0 Å². The number of hydrogen-bond donors (Lipinski definition) is 0. The van der Waals surface area contributed by atoms with E-state index in [0.717, 1.165) is 0 Å². The topological polar surface area (TPSA) is 0 Å². The van der Waals surface area contributed by atoms with Crippen LogP contribution in [-0.2, 0) is 36.2 Å². The Kier molecular flexibility index (Phi) is 17.4. The summed E-state index contributed by atoms with van der Waals surface area (Å²) in [6.07, 6.45) is 7.63. The first-order valence-corrected chi connectivity index (χ1v) is 18.4. The largest absolute Gasteiger partial charge is 1.00 e. The van der Waals surface area contributed by atoms with E-state index in [0.29, 0.717) is 0 Å². The van der Waals surface area contributed by atoms with Crippen molar-refractivity contribution in [2.45, 2.75) is 79.3 Å². The Morgan fingerprint density at radius 1 is 0.676 bits per heavy atom. The standard InChI is InChI=1S/2C14H17.C2H6Si.2ClH.Zr/c2*1-3-4-7-12-10-13-8-5-6-9-14(13)11(12)2;1-3-2;;;/h2*5-6,8-10H,3-4,7H2,1-2H3;1-2H3;2*1H;/q2*-1;;;;+2/p-2. The van der Waals surface area contributed by atoms with Gasteiger partial charge < -0.3 is 24.8 Å². The van der Waals surface area contributed by atoms with Crippen molar-refractivity contribution in [3.05, 3.63) is 82.9 Å². The number of benzene rings is 2. The Morgan fingerprint density at radius 3 is 1.29 bits per heavy atom. The van der Waals surface area contributed by atoms with E-state index in [1.165, 1.54) is 82.3 Å². The smallest absolute Gasteiger partial charge is 1.00 e. The fourth-order valence-corrected chi connectivity index (χ4v) is 4.12. The number of fused-ring (bicyclic) bond motifs is 2. The van der Waals surface area contributed by atoms with E-state index in [9.17, 15) is 0 Å². The van der Waals surface area contributed by atoms with E-state index in [1.54, 1.807) is 23.3 Å². The van der Waals surface area contributed by atoms with Crippen molar-refractivity contribution in [3.8, 4) is 0 Å². The molecule has 0 heterocycles. The van der Waals surface area contributed by atoms with Crippen LogP contribution in [0, 0.1) is 13.8 Å². The second-order valence-corrected chi connectivity index (χ2v) is 18.3. The third kappa shape index (κ3) is 10.1. The van der Waals surface area contributed by atoms with Crippen LogP contribution in [0.15, 0.2) is 60.7 Å². The number of halogens is 2. The summed E-state index contributed by atoms with van der Waals surface area (Å²) in [5.74, 6) is 0.